The van der Waals surface area contributed by atoms with Crippen LogP contribution in [-0.2, 0) is 6.54 Å². The van der Waals surface area contributed by atoms with Gasteiger partial charge in [0.2, 0.25) is 0 Å². The highest BCUT2D eigenvalue weighted by Gasteiger charge is 2.26. The van der Waals surface area contributed by atoms with E-state index < -0.39 is 0 Å². The maximum atomic E-state index is 10.1. The molecule has 2 unspecified atom stereocenters. The van der Waals surface area contributed by atoms with Gasteiger partial charge >= 0.3 is 0 Å². The molecule has 106 valence electrons. The highest BCUT2D eigenvalue weighted by Crippen LogP contribution is 2.32. The zero-order valence-corrected chi connectivity index (χ0v) is 11.7. The monoisotopic (exact) mass is 265 g/mol. The fraction of sp³-hybridized carbons (Fsp3) is 0.600. The predicted octanol–water partition coefficient (Wildman–Crippen LogP) is 2.14. The smallest absolute Gasteiger partial charge is 0.162 e. The van der Waals surface area contributed by atoms with Crippen molar-refractivity contribution in [1.29, 1.82) is 0 Å². The van der Waals surface area contributed by atoms with Crippen LogP contribution in [0.4, 0.5) is 0 Å². The molecule has 0 amide bonds. The van der Waals surface area contributed by atoms with Crippen LogP contribution in [-0.4, -0.2) is 40.9 Å². The number of ether oxygens (including phenoxy) is 1. The summed E-state index contributed by atoms with van der Waals surface area (Å²) < 4.78 is 5.13. The minimum atomic E-state index is -0.340. The summed E-state index contributed by atoms with van der Waals surface area (Å²) in [6.07, 6.45) is 2.99. The van der Waals surface area contributed by atoms with Crippen molar-refractivity contribution in [1.82, 2.24) is 4.90 Å². The molecule has 2 rings (SSSR count). The number of likely N-dealkylation sites (tertiary alicyclic amines) is 1. The number of nitrogens with zero attached hydrogens (tertiary/aromatic N) is 1. The van der Waals surface area contributed by atoms with E-state index in [0.29, 0.717) is 12.3 Å². The summed E-state index contributed by atoms with van der Waals surface area (Å²) in [4.78, 5) is 2.25. The van der Waals surface area contributed by atoms with Crippen molar-refractivity contribution in [3.05, 3.63) is 23.8 Å². The van der Waals surface area contributed by atoms with Gasteiger partial charge in [-0.2, -0.15) is 0 Å². The zero-order valence-electron chi connectivity index (χ0n) is 11.7. The summed E-state index contributed by atoms with van der Waals surface area (Å²) in [5, 5.41) is 20.0. The van der Waals surface area contributed by atoms with Crippen molar-refractivity contribution in [2.75, 3.05) is 13.7 Å². The molecule has 1 heterocycles. The normalized spacial score (nSPS) is 22.2. The van der Waals surface area contributed by atoms with Crippen LogP contribution in [0.3, 0.4) is 0 Å². The topological polar surface area (TPSA) is 52.9 Å². The predicted molar refractivity (Wildman–Crippen MR) is 74.4 cm³/mol. The standard InChI is InChI=1S/C15H23NO3/c1-11(17)13-7-3-4-9-16(13)10-12-6-5-8-14(19-2)15(12)18/h5-6,8,11,13,17-18H,3-4,7,9-10H2,1-2H3. The quantitative estimate of drug-likeness (QED) is 0.875. The van der Waals surface area contributed by atoms with Gasteiger partial charge in [0.25, 0.3) is 0 Å². The average Bonchev–Trinajstić information content (AvgIpc) is 2.41. The molecule has 1 aliphatic rings. The van der Waals surface area contributed by atoms with E-state index in [2.05, 4.69) is 4.90 Å². The van der Waals surface area contributed by atoms with Crippen molar-refractivity contribution < 1.29 is 14.9 Å². The van der Waals surface area contributed by atoms with Gasteiger partial charge < -0.3 is 14.9 Å². The van der Waals surface area contributed by atoms with Crippen LogP contribution in [0.25, 0.3) is 0 Å². The first-order valence-corrected chi connectivity index (χ1v) is 6.90. The Hall–Kier alpha value is -1.26. The first kappa shape index (κ1) is 14.2. The Labute approximate surface area is 114 Å². The molecule has 0 spiro atoms. The number of aliphatic hydroxyl groups is 1. The van der Waals surface area contributed by atoms with Gasteiger partial charge in [0.15, 0.2) is 11.5 Å². The molecule has 0 aromatic heterocycles. The lowest BCUT2D eigenvalue weighted by atomic mass is 9.97. The second-order valence-electron chi connectivity index (χ2n) is 5.24. The van der Waals surface area contributed by atoms with Crippen LogP contribution in [0.1, 0.15) is 31.7 Å². The van der Waals surface area contributed by atoms with Crippen LogP contribution < -0.4 is 4.74 Å². The maximum Gasteiger partial charge on any atom is 0.162 e. The summed E-state index contributed by atoms with van der Waals surface area (Å²) in [5.74, 6) is 0.711. The number of aliphatic hydroxyl groups excluding tert-OH is 1. The van der Waals surface area contributed by atoms with E-state index in [-0.39, 0.29) is 17.9 Å². The van der Waals surface area contributed by atoms with Crippen LogP contribution in [0, 0.1) is 0 Å². The molecule has 4 nitrogen and oxygen atoms in total. The van der Waals surface area contributed by atoms with E-state index in [9.17, 15) is 10.2 Å². The number of hydrogen-bond donors (Lipinski definition) is 2. The largest absolute Gasteiger partial charge is 0.504 e. The lowest BCUT2D eigenvalue weighted by Gasteiger charge is -2.37. The lowest BCUT2D eigenvalue weighted by Crippen LogP contribution is -2.45. The molecule has 2 N–H and O–H groups in total. The number of rotatable bonds is 4. The first-order valence-electron chi connectivity index (χ1n) is 6.90. The summed E-state index contributed by atoms with van der Waals surface area (Å²) in [6.45, 7) is 3.46. The number of phenolic OH excluding ortho intramolecular Hbond substituents is 1. The molecule has 0 saturated carbocycles. The number of hydrogen-bond acceptors (Lipinski definition) is 4. The van der Waals surface area contributed by atoms with Gasteiger partial charge in [-0.05, 0) is 32.4 Å². The lowest BCUT2D eigenvalue weighted by molar-refractivity contribution is 0.0312. The molecule has 1 aliphatic heterocycles. The van der Waals surface area contributed by atoms with E-state index in [1.165, 1.54) is 0 Å². The number of para-hydroxylation sites is 1. The Morgan fingerprint density at radius 1 is 1.42 bits per heavy atom. The third-order valence-electron chi connectivity index (χ3n) is 3.90. The van der Waals surface area contributed by atoms with Crippen molar-refractivity contribution in [2.45, 2.75) is 44.9 Å². The Morgan fingerprint density at radius 2 is 2.21 bits per heavy atom. The number of phenols is 1. The Kier molecular flexibility index (Phi) is 4.66. The Morgan fingerprint density at radius 3 is 2.89 bits per heavy atom. The van der Waals surface area contributed by atoms with Crippen LogP contribution in [0.2, 0.25) is 0 Å². The molecule has 1 fully saturated rings. The van der Waals surface area contributed by atoms with Crippen molar-refractivity contribution in [3.63, 3.8) is 0 Å². The fourth-order valence-electron chi connectivity index (χ4n) is 2.84. The molecule has 19 heavy (non-hydrogen) atoms. The summed E-state index contributed by atoms with van der Waals surface area (Å²) in [6, 6.07) is 5.72. The second kappa shape index (κ2) is 6.26. The number of benzene rings is 1. The minimum absolute atomic E-state index is 0.180. The summed E-state index contributed by atoms with van der Waals surface area (Å²) in [5.41, 5.74) is 0.854. The summed E-state index contributed by atoms with van der Waals surface area (Å²) in [7, 11) is 1.55. The fourth-order valence-corrected chi connectivity index (χ4v) is 2.84. The number of methoxy groups -OCH3 is 1. The molecule has 0 bridgehead atoms. The Bertz CT molecular complexity index is 420. The molecule has 1 aromatic rings. The van der Waals surface area contributed by atoms with E-state index in [1.54, 1.807) is 13.2 Å². The van der Waals surface area contributed by atoms with Crippen LogP contribution >= 0.6 is 0 Å². The van der Waals surface area contributed by atoms with Gasteiger partial charge in [0.1, 0.15) is 0 Å². The van der Waals surface area contributed by atoms with Crippen molar-refractivity contribution in [2.24, 2.45) is 0 Å². The van der Waals surface area contributed by atoms with Crippen LogP contribution in [0.5, 0.6) is 11.5 Å². The average molecular weight is 265 g/mol. The molecule has 0 aliphatic carbocycles. The van der Waals surface area contributed by atoms with E-state index in [0.717, 1.165) is 31.4 Å². The van der Waals surface area contributed by atoms with Gasteiger partial charge in [-0.1, -0.05) is 18.6 Å². The van der Waals surface area contributed by atoms with Crippen LogP contribution in [0.15, 0.2) is 18.2 Å². The van der Waals surface area contributed by atoms with E-state index in [4.69, 9.17) is 4.74 Å². The van der Waals surface area contributed by atoms with Gasteiger partial charge in [0, 0.05) is 18.2 Å². The summed E-state index contributed by atoms with van der Waals surface area (Å²) >= 11 is 0. The minimum Gasteiger partial charge on any atom is -0.504 e. The molecular formula is C15H23NO3. The SMILES string of the molecule is COc1cccc(CN2CCCCC2C(C)O)c1O. The van der Waals surface area contributed by atoms with Gasteiger partial charge in [-0.3, -0.25) is 4.90 Å². The molecule has 1 saturated heterocycles. The highest BCUT2D eigenvalue weighted by molar-refractivity contribution is 5.45. The van der Waals surface area contributed by atoms with E-state index >= 15 is 0 Å². The molecular weight excluding hydrogens is 242 g/mol. The molecule has 1 aromatic carbocycles. The molecule has 0 radical (unpaired) electrons. The van der Waals surface area contributed by atoms with Crippen molar-refractivity contribution in [3.8, 4) is 11.5 Å². The zero-order chi connectivity index (χ0) is 13.8. The Balaban J connectivity index is 2.15. The highest BCUT2D eigenvalue weighted by atomic mass is 16.5. The maximum absolute atomic E-state index is 10.1. The molecule has 2 atom stereocenters. The van der Waals surface area contributed by atoms with Gasteiger partial charge in [-0.25, -0.2) is 0 Å². The second-order valence-corrected chi connectivity index (χ2v) is 5.24. The van der Waals surface area contributed by atoms with E-state index in [1.807, 2.05) is 19.1 Å². The third kappa shape index (κ3) is 3.19. The molecule has 4 heteroatoms. The van der Waals surface area contributed by atoms with Crippen molar-refractivity contribution >= 4 is 0 Å². The van der Waals surface area contributed by atoms with Gasteiger partial charge in [0.05, 0.1) is 13.2 Å². The number of piperidine rings is 1. The first-order chi connectivity index (χ1) is 9.13. The number of aromatic hydroxyl groups is 1. The van der Waals surface area contributed by atoms with Gasteiger partial charge in [-0.15, -0.1) is 0 Å². The third-order valence-corrected chi connectivity index (χ3v) is 3.90.